The number of halogens is 1. The van der Waals surface area contributed by atoms with E-state index in [-0.39, 0.29) is 17.8 Å². The van der Waals surface area contributed by atoms with E-state index in [4.69, 9.17) is 5.73 Å². The zero-order valence-corrected chi connectivity index (χ0v) is 14.6. The third kappa shape index (κ3) is 4.59. The summed E-state index contributed by atoms with van der Waals surface area (Å²) < 4.78 is 0. The first-order valence-corrected chi connectivity index (χ1v) is 8.50. The van der Waals surface area contributed by atoms with Crippen molar-refractivity contribution < 1.29 is 4.79 Å². The number of carbonyl (C=O) groups excluding carboxylic acids is 1. The zero-order valence-electron chi connectivity index (χ0n) is 13.8. The Kier molecular flexibility index (Phi) is 6.99. The molecule has 124 valence electrons. The van der Waals surface area contributed by atoms with Crippen LogP contribution in [-0.2, 0) is 4.79 Å². The number of hydrogen-bond acceptors (Lipinski definition) is 2. The molecule has 1 heterocycles. The SMILES string of the molecule is CCC1(C)CCCN(C(=O)CC2(CN)CCCCC2)C1.Cl. The van der Waals surface area contributed by atoms with Crippen molar-refractivity contribution in [1.29, 1.82) is 0 Å². The van der Waals surface area contributed by atoms with Gasteiger partial charge in [0.15, 0.2) is 0 Å². The molecule has 1 amide bonds. The van der Waals surface area contributed by atoms with E-state index in [9.17, 15) is 4.79 Å². The highest BCUT2D eigenvalue weighted by molar-refractivity contribution is 5.85. The van der Waals surface area contributed by atoms with Crippen molar-refractivity contribution in [2.75, 3.05) is 19.6 Å². The first kappa shape index (κ1) is 18.8. The lowest BCUT2D eigenvalue weighted by Crippen LogP contribution is -2.47. The van der Waals surface area contributed by atoms with E-state index in [2.05, 4.69) is 18.7 Å². The molecule has 1 aliphatic heterocycles. The van der Waals surface area contributed by atoms with Crippen LogP contribution in [0.2, 0.25) is 0 Å². The molecule has 0 spiro atoms. The lowest BCUT2D eigenvalue weighted by molar-refractivity contribution is -0.137. The molecular weight excluding hydrogens is 284 g/mol. The number of nitrogens with zero attached hydrogens (tertiary/aromatic N) is 1. The molecule has 1 saturated carbocycles. The number of amides is 1. The molecule has 3 nitrogen and oxygen atoms in total. The van der Waals surface area contributed by atoms with Gasteiger partial charge in [0.05, 0.1) is 0 Å². The lowest BCUT2D eigenvalue weighted by atomic mass is 9.71. The highest BCUT2D eigenvalue weighted by Crippen LogP contribution is 2.40. The summed E-state index contributed by atoms with van der Waals surface area (Å²) in [4.78, 5) is 14.8. The van der Waals surface area contributed by atoms with Crippen LogP contribution < -0.4 is 5.73 Å². The Balaban J connectivity index is 0.00000220. The zero-order chi connectivity index (χ0) is 14.6. The number of hydrogen-bond donors (Lipinski definition) is 1. The summed E-state index contributed by atoms with van der Waals surface area (Å²) in [7, 11) is 0. The second-order valence-corrected chi connectivity index (χ2v) is 7.52. The van der Waals surface area contributed by atoms with Gasteiger partial charge in [-0.05, 0) is 49.5 Å². The maximum absolute atomic E-state index is 12.7. The summed E-state index contributed by atoms with van der Waals surface area (Å²) in [6.07, 6.45) is 10.4. The van der Waals surface area contributed by atoms with Crippen LogP contribution in [-0.4, -0.2) is 30.4 Å². The van der Waals surface area contributed by atoms with Crippen LogP contribution in [0.4, 0.5) is 0 Å². The largest absolute Gasteiger partial charge is 0.342 e. The van der Waals surface area contributed by atoms with Crippen molar-refractivity contribution in [3.8, 4) is 0 Å². The van der Waals surface area contributed by atoms with Crippen molar-refractivity contribution in [1.82, 2.24) is 4.90 Å². The fourth-order valence-electron chi connectivity index (χ4n) is 4.00. The second-order valence-electron chi connectivity index (χ2n) is 7.52. The number of likely N-dealkylation sites (tertiary alicyclic amines) is 1. The summed E-state index contributed by atoms with van der Waals surface area (Å²) in [5, 5.41) is 0. The van der Waals surface area contributed by atoms with E-state index in [1.54, 1.807) is 0 Å². The maximum Gasteiger partial charge on any atom is 0.223 e. The Morgan fingerprint density at radius 1 is 1.14 bits per heavy atom. The van der Waals surface area contributed by atoms with E-state index < -0.39 is 0 Å². The molecule has 2 aliphatic rings. The molecule has 0 aromatic rings. The normalized spacial score (nSPS) is 28.8. The summed E-state index contributed by atoms with van der Waals surface area (Å²) in [5.41, 5.74) is 6.46. The third-order valence-corrected chi connectivity index (χ3v) is 5.86. The van der Waals surface area contributed by atoms with E-state index in [0.29, 0.717) is 24.3 Å². The lowest BCUT2D eigenvalue weighted by Gasteiger charge is -2.42. The summed E-state index contributed by atoms with van der Waals surface area (Å²) in [6, 6.07) is 0. The predicted molar refractivity (Wildman–Crippen MR) is 90.6 cm³/mol. The van der Waals surface area contributed by atoms with Gasteiger partial charge in [0.1, 0.15) is 0 Å². The second kappa shape index (κ2) is 7.82. The van der Waals surface area contributed by atoms with E-state index in [0.717, 1.165) is 32.4 Å². The van der Waals surface area contributed by atoms with Gasteiger partial charge in [-0.1, -0.05) is 33.1 Å². The van der Waals surface area contributed by atoms with E-state index in [1.165, 1.54) is 32.1 Å². The van der Waals surface area contributed by atoms with Gasteiger partial charge >= 0.3 is 0 Å². The smallest absolute Gasteiger partial charge is 0.223 e. The number of nitrogens with two attached hydrogens (primary N) is 1. The molecule has 2 rings (SSSR count). The Labute approximate surface area is 136 Å². The van der Waals surface area contributed by atoms with Crippen LogP contribution in [0, 0.1) is 10.8 Å². The molecule has 21 heavy (non-hydrogen) atoms. The van der Waals surface area contributed by atoms with Crippen molar-refractivity contribution in [2.45, 2.75) is 71.6 Å². The Bertz CT molecular complexity index is 342. The molecule has 0 radical (unpaired) electrons. The van der Waals surface area contributed by atoms with Crippen LogP contribution in [0.3, 0.4) is 0 Å². The van der Waals surface area contributed by atoms with Crippen molar-refractivity contribution in [3.05, 3.63) is 0 Å². The van der Waals surface area contributed by atoms with Crippen LogP contribution in [0.25, 0.3) is 0 Å². The van der Waals surface area contributed by atoms with Crippen molar-refractivity contribution in [2.24, 2.45) is 16.6 Å². The van der Waals surface area contributed by atoms with Gasteiger partial charge in [0, 0.05) is 19.5 Å². The molecular formula is C17H33ClN2O. The molecule has 1 aliphatic carbocycles. The first-order chi connectivity index (χ1) is 9.52. The quantitative estimate of drug-likeness (QED) is 0.858. The standard InChI is InChI=1S/C17H32N2O.ClH/c1-3-16(2)8-7-11-19(14-16)15(20)12-17(13-18)9-5-4-6-10-17;/h3-14,18H2,1-2H3;1H. The molecule has 0 aromatic heterocycles. The molecule has 0 aromatic carbocycles. The fourth-order valence-corrected chi connectivity index (χ4v) is 4.00. The highest BCUT2D eigenvalue weighted by atomic mass is 35.5. The molecule has 1 unspecified atom stereocenters. The number of piperidine rings is 1. The minimum absolute atomic E-state index is 0. The van der Waals surface area contributed by atoms with Crippen LogP contribution in [0.15, 0.2) is 0 Å². The monoisotopic (exact) mass is 316 g/mol. The molecule has 1 atom stereocenters. The maximum atomic E-state index is 12.7. The minimum atomic E-state index is 0. The van der Waals surface area contributed by atoms with Crippen molar-refractivity contribution >= 4 is 18.3 Å². The summed E-state index contributed by atoms with van der Waals surface area (Å²) in [5.74, 6) is 0.358. The van der Waals surface area contributed by atoms with Crippen molar-refractivity contribution in [3.63, 3.8) is 0 Å². The van der Waals surface area contributed by atoms with Gasteiger partial charge in [0.25, 0.3) is 0 Å². The highest BCUT2D eigenvalue weighted by Gasteiger charge is 2.37. The Morgan fingerprint density at radius 2 is 1.81 bits per heavy atom. The molecule has 2 fully saturated rings. The van der Waals surface area contributed by atoms with Gasteiger partial charge in [0.2, 0.25) is 5.91 Å². The van der Waals surface area contributed by atoms with Crippen LogP contribution in [0.1, 0.15) is 71.6 Å². The van der Waals surface area contributed by atoms with E-state index in [1.807, 2.05) is 0 Å². The summed E-state index contributed by atoms with van der Waals surface area (Å²) >= 11 is 0. The number of carbonyl (C=O) groups is 1. The molecule has 4 heteroatoms. The predicted octanol–water partition coefficient (Wildman–Crippen LogP) is 3.75. The number of rotatable bonds is 4. The average Bonchev–Trinajstić information content (AvgIpc) is 2.48. The molecule has 2 N–H and O–H groups in total. The Morgan fingerprint density at radius 3 is 2.38 bits per heavy atom. The fraction of sp³-hybridized carbons (Fsp3) is 0.941. The van der Waals surface area contributed by atoms with Crippen LogP contribution in [0.5, 0.6) is 0 Å². The molecule has 0 bridgehead atoms. The molecule has 1 saturated heterocycles. The first-order valence-electron chi connectivity index (χ1n) is 8.50. The third-order valence-electron chi connectivity index (χ3n) is 5.86. The van der Waals surface area contributed by atoms with Crippen LogP contribution >= 0.6 is 12.4 Å². The van der Waals surface area contributed by atoms with Gasteiger partial charge in [-0.3, -0.25) is 4.79 Å². The minimum Gasteiger partial charge on any atom is -0.342 e. The Hall–Kier alpha value is -0.280. The van der Waals surface area contributed by atoms with E-state index >= 15 is 0 Å². The topological polar surface area (TPSA) is 46.3 Å². The summed E-state index contributed by atoms with van der Waals surface area (Å²) in [6.45, 7) is 7.15. The van der Waals surface area contributed by atoms with Gasteiger partial charge < -0.3 is 10.6 Å². The van der Waals surface area contributed by atoms with Gasteiger partial charge in [-0.25, -0.2) is 0 Å². The van der Waals surface area contributed by atoms with Gasteiger partial charge in [-0.2, -0.15) is 0 Å². The average molecular weight is 317 g/mol. The van der Waals surface area contributed by atoms with Gasteiger partial charge in [-0.15, -0.1) is 12.4 Å².